The van der Waals surface area contributed by atoms with Crippen molar-refractivity contribution in [1.82, 2.24) is 19.8 Å². The van der Waals surface area contributed by atoms with Gasteiger partial charge in [-0.3, -0.25) is 9.69 Å². The van der Waals surface area contributed by atoms with E-state index in [1.54, 1.807) is 18.2 Å². The highest BCUT2D eigenvalue weighted by Gasteiger charge is 2.18. The molecule has 2 aliphatic rings. The highest BCUT2D eigenvalue weighted by atomic mass is 16.5. The van der Waals surface area contributed by atoms with Crippen molar-refractivity contribution in [2.24, 2.45) is 0 Å². The van der Waals surface area contributed by atoms with Crippen molar-refractivity contribution < 1.29 is 9.53 Å². The number of nitrogens with zero attached hydrogens (tertiary/aromatic N) is 5. The van der Waals surface area contributed by atoms with E-state index in [0.29, 0.717) is 47.6 Å². The Kier molecular flexibility index (Phi) is 7.78. The van der Waals surface area contributed by atoms with Gasteiger partial charge in [0.05, 0.1) is 5.56 Å². The first-order valence-corrected chi connectivity index (χ1v) is 12.6. The Morgan fingerprint density at radius 3 is 2.74 bits per heavy atom. The molecule has 0 spiro atoms. The number of likely N-dealkylation sites (N-methyl/N-ethyl adjacent to an activating group) is 1. The summed E-state index contributed by atoms with van der Waals surface area (Å²) >= 11 is 0. The molecule has 5 rings (SSSR count). The van der Waals surface area contributed by atoms with Crippen molar-refractivity contribution in [3.05, 3.63) is 77.5 Å². The van der Waals surface area contributed by atoms with Gasteiger partial charge in [-0.25, -0.2) is 4.98 Å². The van der Waals surface area contributed by atoms with Gasteiger partial charge >= 0.3 is 0 Å². The van der Waals surface area contributed by atoms with E-state index in [4.69, 9.17) is 4.74 Å². The van der Waals surface area contributed by atoms with Gasteiger partial charge in [-0.2, -0.15) is 10.2 Å². The molecule has 3 aromatic rings. The SMILES string of the molecule is CN1CCN(Cc2ccc(NC(=O)c3cnc4nc3Nc3ccc(C#N)c(c3)OC/C=C\CN4)cc2)CC1. The first-order valence-electron chi connectivity index (χ1n) is 12.6. The second-order valence-electron chi connectivity index (χ2n) is 9.30. The minimum absolute atomic E-state index is 0.286. The number of hydrogen-bond donors (Lipinski definition) is 3. The van der Waals surface area contributed by atoms with E-state index < -0.39 is 0 Å². The molecule has 10 heteroatoms. The zero-order valence-electron chi connectivity index (χ0n) is 21.3. The van der Waals surface area contributed by atoms with Crippen molar-refractivity contribution in [2.75, 3.05) is 62.3 Å². The summed E-state index contributed by atoms with van der Waals surface area (Å²) in [6.07, 6.45) is 5.24. The number of hydrogen-bond acceptors (Lipinski definition) is 9. The molecule has 0 saturated carbocycles. The molecule has 1 aromatic heterocycles. The fourth-order valence-electron chi connectivity index (χ4n) is 4.27. The van der Waals surface area contributed by atoms with Gasteiger partial charge in [0.2, 0.25) is 5.95 Å². The van der Waals surface area contributed by atoms with E-state index in [9.17, 15) is 10.1 Å². The summed E-state index contributed by atoms with van der Waals surface area (Å²) in [7, 11) is 2.15. The van der Waals surface area contributed by atoms with Crippen molar-refractivity contribution in [3.8, 4) is 11.8 Å². The van der Waals surface area contributed by atoms with E-state index in [1.165, 1.54) is 11.8 Å². The Labute approximate surface area is 221 Å². The van der Waals surface area contributed by atoms with Crippen LogP contribution in [0.1, 0.15) is 21.5 Å². The minimum Gasteiger partial charge on any atom is -0.488 e. The topological polar surface area (TPSA) is 118 Å². The van der Waals surface area contributed by atoms with Crippen LogP contribution < -0.4 is 20.7 Å². The first kappa shape index (κ1) is 25.2. The number of nitrogens with one attached hydrogen (secondary N) is 3. The van der Waals surface area contributed by atoms with Crippen LogP contribution >= 0.6 is 0 Å². The number of carbonyl (C=O) groups is 1. The molecule has 1 fully saturated rings. The molecular weight excluding hydrogens is 480 g/mol. The summed E-state index contributed by atoms with van der Waals surface area (Å²) in [4.78, 5) is 26.9. The van der Waals surface area contributed by atoms with E-state index in [0.717, 1.165) is 32.7 Å². The van der Waals surface area contributed by atoms with Crippen molar-refractivity contribution in [1.29, 1.82) is 5.26 Å². The molecule has 2 aliphatic heterocycles. The normalized spacial score (nSPS) is 16.7. The maximum atomic E-state index is 13.3. The summed E-state index contributed by atoms with van der Waals surface area (Å²) < 4.78 is 5.76. The zero-order chi connectivity index (χ0) is 26.3. The van der Waals surface area contributed by atoms with Crippen LogP contribution in [-0.4, -0.2) is 72.1 Å². The average molecular weight is 511 g/mol. The summed E-state index contributed by atoms with van der Waals surface area (Å²) in [5.74, 6) is 0.841. The largest absolute Gasteiger partial charge is 0.488 e. The molecule has 194 valence electrons. The highest BCUT2D eigenvalue weighted by molar-refractivity contribution is 6.07. The van der Waals surface area contributed by atoms with Gasteiger partial charge in [0.25, 0.3) is 5.91 Å². The number of amides is 1. The predicted molar refractivity (Wildman–Crippen MR) is 147 cm³/mol. The van der Waals surface area contributed by atoms with Gasteiger partial charge in [0, 0.05) is 62.9 Å². The van der Waals surface area contributed by atoms with Crippen LogP contribution in [0.3, 0.4) is 0 Å². The second-order valence-corrected chi connectivity index (χ2v) is 9.30. The van der Waals surface area contributed by atoms with Gasteiger partial charge < -0.3 is 25.6 Å². The molecule has 2 aromatic carbocycles. The number of nitriles is 1. The lowest BCUT2D eigenvalue weighted by Gasteiger charge is -2.32. The van der Waals surface area contributed by atoms with E-state index >= 15 is 0 Å². The fourth-order valence-corrected chi connectivity index (χ4v) is 4.27. The monoisotopic (exact) mass is 510 g/mol. The molecule has 38 heavy (non-hydrogen) atoms. The Balaban J connectivity index is 1.33. The third-order valence-electron chi connectivity index (χ3n) is 6.49. The highest BCUT2D eigenvalue weighted by Crippen LogP contribution is 2.27. The zero-order valence-corrected chi connectivity index (χ0v) is 21.3. The number of carbonyl (C=O) groups excluding carboxylic acids is 1. The van der Waals surface area contributed by atoms with Crippen LogP contribution in [0.25, 0.3) is 0 Å². The number of anilines is 4. The lowest BCUT2D eigenvalue weighted by molar-refractivity contribution is 0.102. The number of piperazine rings is 1. The fraction of sp³-hybridized carbons (Fsp3) is 0.286. The quantitative estimate of drug-likeness (QED) is 0.454. The first-order chi connectivity index (χ1) is 18.6. The maximum Gasteiger partial charge on any atom is 0.261 e. The third kappa shape index (κ3) is 6.26. The molecule has 0 radical (unpaired) electrons. The Morgan fingerprint density at radius 1 is 1.13 bits per heavy atom. The summed E-state index contributed by atoms with van der Waals surface area (Å²) in [5.41, 5.74) is 3.24. The molecule has 10 nitrogen and oxygen atoms in total. The Bertz CT molecular complexity index is 1360. The van der Waals surface area contributed by atoms with Crippen LogP contribution in [0.5, 0.6) is 5.75 Å². The van der Waals surface area contributed by atoms with Crippen LogP contribution in [0, 0.1) is 11.3 Å². The molecule has 0 aliphatic carbocycles. The van der Waals surface area contributed by atoms with Gasteiger partial charge in [0.15, 0.2) is 0 Å². The average Bonchev–Trinajstić information content (AvgIpc) is 2.93. The molecule has 0 unspecified atom stereocenters. The molecule has 0 atom stereocenters. The van der Waals surface area contributed by atoms with Gasteiger partial charge in [0.1, 0.15) is 29.8 Å². The summed E-state index contributed by atoms with van der Waals surface area (Å²) in [5, 5.41) is 18.7. The van der Waals surface area contributed by atoms with Crippen molar-refractivity contribution in [3.63, 3.8) is 0 Å². The Morgan fingerprint density at radius 2 is 1.95 bits per heavy atom. The van der Waals surface area contributed by atoms with Gasteiger partial charge in [-0.15, -0.1) is 0 Å². The second kappa shape index (κ2) is 11.7. The number of fused-ring (bicyclic) bond motifs is 4. The standard InChI is InChI=1S/C28H30N8O2/c1-35-11-13-36(14-12-35)19-20-4-7-22(8-5-20)33-27(37)24-18-31-28-30-10-2-3-15-38-25-16-23(32-26(24)34-28)9-6-21(25)17-29/h2-9,16,18H,10-15,19H2,1H3,(H,33,37)(H2,30,31,32,34)/b3-2-. The van der Waals surface area contributed by atoms with Gasteiger partial charge in [-0.1, -0.05) is 18.2 Å². The van der Waals surface area contributed by atoms with Crippen LogP contribution in [-0.2, 0) is 6.54 Å². The number of rotatable bonds is 4. The van der Waals surface area contributed by atoms with Crippen LogP contribution in [0.2, 0.25) is 0 Å². The summed E-state index contributed by atoms with van der Waals surface area (Å²) in [6.45, 7) is 5.96. The molecule has 4 bridgehead atoms. The Hall–Kier alpha value is -4.46. The smallest absolute Gasteiger partial charge is 0.261 e. The van der Waals surface area contributed by atoms with Crippen LogP contribution in [0.15, 0.2) is 60.8 Å². The number of ether oxygens (including phenoxy) is 1. The number of aromatic nitrogens is 2. The molecule has 1 saturated heterocycles. The molecule has 3 heterocycles. The van der Waals surface area contributed by atoms with Crippen molar-refractivity contribution in [2.45, 2.75) is 6.54 Å². The number of benzene rings is 2. The predicted octanol–water partition coefficient (Wildman–Crippen LogP) is 3.45. The van der Waals surface area contributed by atoms with Crippen molar-refractivity contribution >= 4 is 29.0 Å². The lowest BCUT2D eigenvalue weighted by Crippen LogP contribution is -2.43. The van der Waals surface area contributed by atoms with E-state index in [2.05, 4.69) is 48.8 Å². The summed E-state index contributed by atoms with van der Waals surface area (Å²) in [6, 6.07) is 15.2. The van der Waals surface area contributed by atoms with E-state index in [1.807, 2.05) is 36.4 Å². The molecule has 1 amide bonds. The van der Waals surface area contributed by atoms with Gasteiger partial charge in [-0.05, 0) is 43.0 Å². The maximum absolute atomic E-state index is 13.3. The lowest BCUT2D eigenvalue weighted by atomic mass is 10.1. The molecule has 3 N–H and O–H groups in total. The van der Waals surface area contributed by atoms with Crippen LogP contribution in [0.4, 0.5) is 23.1 Å². The minimum atomic E-state index is -0.333. The molecular formula is C28H30N8O2. The third-order valence-corrected chi connectivity index (χ3v) is 6.49. The van der Waals surface area contributed by atoms with E-state index in [-0.39, 0.29) is 11.5 Å².